The molecule has 2 N–H and O–H groups in total. The van der Waals surface area contributed by atoms with Crippen molar-refractivity contribution in [2.24, 2.45) is 0 Å². The molecule has 1 amide bonds. The predicted octanol–water partition coefficient (Wildman–Crippen LogP) is 3.52. The van der Waals surface area contributed by atoms with Crippen molar-refractivity contribution in [3.63, 3.8) is 0 Å². The van der Waals surface area contributed by atoms with Crippen LogP contribution in [0.15, 0.2) is 42.7 Å². The summed E-state index contributed by atoms with van der Waals surface area (Å²) in [5, 5.41) is 16.2. The van der Waals surface area contributed by atoms with Gasteiger partial charge < -0.3 is 15.5 Å². The average molecular weight is 497 g/mol. The number of benzene rings is 1. The molecule has 34 heavy (non-hydrogen) atoms. The van der Waals surface area contributed by atoms with Gasteiger partial charge in [-0.2, -0.15) is 5.26 Å². The van der Waals surface area contributed by atoms with Gasteiger partial charge in [-0.25, -0.2) is 15.0 Å². The van der Waals surface area contributed by atoms with Gasteiger partial charge in [0.25, 0.3) is 0 Å². The first-order valence-corrected chi connectivity index (χ1v) is 11.4. The molecule has 1 saturated heterocycles. The van der Waals surface area contributed by atoms with Gasteiger partial charge in [-0.15, -0.1) is 0 Å². The number of nitrogens with one attached hydrogen (secondary N) is 2. The second kappa shape index (κ2) is 10.7. The molecule has 174 valence electrons. The maximum Gasteiger partial charge on any atom is 0.241 e. The Bertz CT molecular complexity index is 1230. The molecule has 0 unspecified atom stereocenters. The van der Waals surface area contributed by atoms with Gasteiger partial charge in [0.2, 0.25) is 11.9 Å². The molecular formula is C23H22Cl2N8O. The van der Waals surface area contributed by atoms with E-state index in [1.54, 1.807) is 41.4 Å². The number of aromatic nitrogens is 3. The fourth-order valence-corrected chi connectivity index (χ4v) is 4.01. The number of hydrogen-bond donors (Lipinski definition) is 2. The molecule has 2 aromatic heterocycles. The highest BCUT2D eigenvalue weighted by Gasteiger charge is 2.27. The summed E-state index contributed by atoms with van der Waals surface area (Å²) in [5.41, 5.74) is 2.33. The standard InChI is InChI=1S/C23H22Cl2N8O/c1-32-8-9-33(21(34)14-32)19-13-30-23(31-22(19)17-4-3-16(24)10-18(17)25)28-7-6-27-20-5-2-15(11-26)12-29-20/h2-5,10,12-13H,6-9,14H2,1H3,(H,27,29)(H,28,30,31). The van der Waals surface area contributed by atoms with Gasteiger partial charge in [-0.1, -0.05) is 23.2 Å². The molecule has 0 saturated carbocycles. The molecule has 1 fully saturated rings. The minimum absolute atomic E-state index is 0.0245. The summed E-state index contributed by atoms with van der Waals surface area (Å²) in [6.45, 7) is 2.67. The lowest BCUT2D eigenvalue weighted by molar-refractivity contribution is -0.120. The summed E-state index contributed by atoms with van der Waals surface area (Å²) in [6, 6.07) is 10.7. The molecule has 3 aromatic rings. The third-order valence-electron chi connectivity index (χ3n) is 5.26. The zero-order valence-corrected chi connectivity index (χ0v) is 19.9. The number of likely N-dealkylation sites (N-methyl/N-ethyl adjacent to an activating group) is 1. The van der Waals surface area contributed by atoms with Crippen molar-refractivity contribution in [3.8, 4) is 17.3 Å². The Morgan fingerprint density at radius 2 is 1.91 bits per heavy atom. The van der Waals surface area contributed by atoms with Crippen molar-refractivity contribution in [2.45, 2.75) is 0 Å². The Hall–Kier alpha value is -3.45. The van der Waals surface area contributed by atoms with Crippen molar-refractivity contribution in [1.29, 1.82) is 5.26 Å². The number of nitrogens with zero attached hydrogens (tertiary/aromatic N) is 6. The molecule has 0 atom stereocenters. The number of nitriles is 1. The maximum atomic E-state index is 12.7. The van der Waals surface area contributed by atoms with E-state index in [1.165, 1.54) is 6.20 Å². The fourth-order valence-electron chi connectivity index (χ4n) is 3.51. The quantitative estimate of drug-likeness (QED) is 0.478. The van der Waals surface area contributed by atoms with Crippen LogP contribution in [0.25, 0.3) is 11.3 Å². The van der Waals surface area contributed by atoms with E-state index in [-0.39, 0.29) is 5.91 Å². The highest BCUT2D eigenvalue weighted by molar-refractivity contribution is 6.36. The number of hydrogen-bond acceptors (Lipinski definition) is 8. The summed E-state index contributed by atoms with van der Waals surface area (Å²) in [5.74, 6) is 1.05. The van der Waals surface area contributed by atoms with Crippen LogP contribution in [0.4, 0.5) is 17.5 Å². The Morgan fingerprint density at radius 3 is 2.62 bits per heavy atom. The van der Waals surface area contributed by atoms with E-state index >= 15 is 0 Å². The normalized spacial score (nSPS) is 14.1. The minimum atomic E-state index is -0.0245. The second-order valence-corrected chi connectivity index (χ2v) is 8.58. The number of piperazine rings is 1. The van der Waals surface area contributed by atoms with Crippen molar-refractivity contribution in [1.82, 2.24) is 19.9 Å². The van der Waals surface area contributed by atoms with Crippen LogP contribution >= 0.6 is 23.2 Å². The van der Waals surface area contributed by atoms with Crippen LogP contribution in [0.5, 0.6) is 0 Å². The lowest BCUT2D eigenvalue weighted by Gasteiger charge is -2.32. The van der Waals surface area contributed by atoms with Gasteiger partial charge in [0.05, 0.1) is 29.0 Å². The molecular weight excluding hydrogens is 475 g/mol. The maximum absolute atomic E-state index is 12.7. The van der Waals surface area contributed by atoms with Gasteiger partial charge in [0, 0.05) is 43.0 Å². The van der Waals surface area contributed by atoms with Crippen molar-refractivity contribution >= 4 is 46.6 Å². The van der Waals surface area contributed by atoms with E-state index in [0.29, 0.717) is 70.5 Å². The number of carbonyl (C=O) groups excluding carboxylic acids is 1. The SMILES string of the molecule is CN1CCN(c2cnc(NCCNc3ccc(C#N)cn3)nc2-c2ccc(Cl)cc2Cl)C(=O)C1. The van der Waals surface area contributed by atoms with Gasteiger partial charge >= 0.3 is 0 Å². The van der Waals surface area contributed by atoms with E-state index in [9.17, 15) is 4.79 Å². The average Bonchev–Trinajstić information content (AvgIpc) is 2.82. The topological polar surface area (TPSA) is 110 Å². The number of pyridine rings is 1. The predicted molar refractivity (Wildman–Crippen MR) is 133 cm³/mol. The first kappa shape index (κ1) is 23.7. The first-order valence-electron chi connectivity index (χ1n) is 10.6. The number of carbonyl (C=O) groups is 1. The number of halogens is 2. The van der Waals surface area contributed by atoms with Crippen molar-refractivity contribution in [2.75, 3.05) is 55.3 Å². The summed E-state index contributed by atoms with van der Waals surface area (Å²) in [4.78, 5) is 29.7. The largest absolute Gasteiger partial charge is 0.368 e. The van der Waals surface area contributed by atoms with Crippen LogP contribution in [0, 0.1) is 11.3 Å². The molecule has 0 radical (unpaired) electrons. The number of anilines is 3. The summed E-state index contributed by atoms with van der Waals surface area (Å²) in [6.07, 6.45) is 3.16. The molecule has 11 heteroatoms. The summed E-state index contributed by atoms with van der Waals surface area (Å²) < 4.78 is 0. The monoisotopic (exact) mass is 496 g/mol. The molecule has 1 aliphatic rings. The number of amides is 1. The lowest BCUT2D eigenvalue weighted by Crippen LogP contribution is -2.49. The Kier molecular flexibility index (Phi) is 7.43. The molecule has 4 rings (SSSR count). The minimum Gasteiger partial charge on any atom is -0.368 e. The van der Waals surface area contributed by atoms with Gasteiger partial charge in [0.15, 0.2) is 0 Å². The highest BCUT2D eigenvalue weighted by atomic mass is 35.5. The van der Waals surface area contributed by atoms with E-state index in [4.69, 9.17) is 33.4 Å². The molecule has 0 aliphatic carbocycles. The molecule has 1 aliphatic heterocycles. The van der Waals surface area contributed by atoms with Gasteiger partial charge in [-0.05, 0) is 37.4 Å². The van der Waals surface area contributed by atoms with Crippen LogP contribution in [-0.2, 0) is 4.79 Å². The Labute approximate surface area is 207 Å². The molecule has 1 aromatic carbocycles. The zero-order chi connectivity index (χ0) is 24.1. The first-order chi connectivity index (χ1) is 16.4. The third kappa shape index (κ3) is 5.54. The van der Waals surface area contributed by atoms with Crippen LogP contribution < -0.4 is 15.5 Å². The summed E-state index contributed by atoms with van der Waals surface area (Å²) >= 11 is 12.6. The summed E-state index contributed by atoms with van der Waals surface area (Å²) in [7, 11) is 1.91. The van der Waals surface area contributed by atoms with E-state index in [2.05, 4.69) is 20.6 Å². The van der Waals surface area contributed by atoms with Crippen LogP contribution in [0.2, 0.25) is 10.0 Å². The van der Waals surface area contributed by atoms with Gasteiger partial charge in [-0.3, -0.25) is 9.69 Å². The van der Waals surface area contributed by atoms with E-state index < -0.39 is 0 Å². The zero-order valence-electron chi connectivity index (χ0n) is 18.4. The Morgan fingerprint density at radius 1 is 1.09 bits per heavy atom. The number of rotatable bonds is 7. The van der Waals surface area contributed by atoms with E-state index in [1.807, 2.05) is 18.0 Å². The Balaban J connectivity index is 1.53. The van der Waals surface area contributed by atoms with Gasteiger partial charge in [0.1, 0.15) is 17.6 Å². The van der Waals surface area contributed by atoms with Crippen LogP contribution in [0.1, 0.15) is 5.56 Å². The molecule has 0 bridgehead atoms. The van der Waals surface area contributed by atoms with E-state index in [0.717, 1.165) is 6.54 Å². The highest BCUT2D eigenvalue weighted by Crippen LogP contribution is 2.36. The van der Waals surface area contributed by atoms with Crippen LogP contribution in [0.3, 0.4) is 0 Å². The molecule has 3 heterocycles. The van der Waals surface area contributed by atoms with Crippen molar-refractivity contribution < 1.29 is 4.79 Å². The van der Waals surface area contributed by atoms with Crippen molar-refractivity contribution in [3.05, 3.63) is 58.3 Å². The molecule has 0 spiro atoms. The second-order valence-electron chi connectivity index (χ2n) is 7.73. The lowest BCUT2D eigenvalue weighted by atomic mass is 10.1. The fraction of sp³-hybridized carbons (Fsp3) is 0.261. The van der Waals surface area contributed by atoms with Crippen LogP contribution in [-0.4, -0.2) is 65.5 Å². The smallest absolute Gasteiger partial charge is 0.241 e. The molecule has 9 nitrogen and oxygen atoms in total. The third-order valence-corrected chi connectivity index (χ3v) is 5.81.